The molecule has 1 amide bonds. The Bertz CT molecular complexity index is 751. The summed E-state index contributed by atoms with van der Waals surface area (Å²) in [6, 6.07) is 7.39. The molecule has 1 atom stereocenters. The van der Waals surface area contributed by atoms with Gasteiger partial charge in [-0.3, -0.25) is 4.79 Å². The number of benzene rings is 1. The second-order valence-corrected chi connectivity index (χ2v) is 7.23. The minimum absolute atomic E-state index is 0.147. The molecular weight excluding hydrogens is 373 g/mol. The number of rotatable bonds is 5. The van der Waals surface area contributed by atoms with E-state index in [1.54, 1.807) is 24.5 Å². The number of hydrogen-bond acceptors (Lipinski definition) is 4. The number of halogens is 2. The molecule has 26 heavy (non-hydrogen) atoms. The number of amides is 1. The van der Waals surface area contributed by atoms with E-state index in [-0.39, 0.29) is 5.91 Å². The van der Waals surface area contributed by atoms with E-state index in [9.17, 15) is 4.79 Å². The van der Waals surface area contributed by atoms with Gasteiger partial charge >= 0.3 is 0 Å². The van der Waals surface area contributed by atoms with Gasteiger partial charge in [0.05, 0.1) is 17.1 Å². The number of quaternary nitrogens is 1. The average Bonchev–Trinajstić information content (AvgIpc) is 2.66. The first-order valence-corrected chi connectivity index (χ1v) is 9.34. The van der Waals surface area contributed by atoms with Gasteiger partial charge in [-0.05, 0) is 12.1 Å². The Morgan fingerprint density at radius 2 is 1.81 bits per heavy atom. The van der Waals surface area contributed by atoms with Crippen LogP contribution in [0.4, 0.5) is 5.95 Å². The molecule has 2 heterocycles. The summed E-state index contributed by atoms with van der Waals surface area (Å²) in [5.41, 5.74) is 0.954. The third kappa shape index (κ3) is 4.63. The molecule has 6 nitrogen and oxygen atoms in total. The van der Waals surface area contributed by atoms with E-state index in [0.717, 1.165) is 29.5 Å². The van der Waals surface area contributed by atoms with Crippen LogP contribution < -0.4 is 9.80 Å². The third-order valence-electron chi connectivity index (χ3n) is 4.44. The molecule has 1 aromatic heterocycles. The van der Waals surface area contributed by atoms with Gasteiger partial charge in [0.25, 0.3) is 5.91 Å². The summed E-state index contributed by atoms with van der Waals surface area (Å²) >= 11 is 12.3. The van der Waals surface area contributed by atoms with Crippen LogP contribution in [0.2, 0.25) is 10.0 Å². The maximum atomic E-state index is 12.6. The van der Waals surface area contributed by atoms with Gasteiger partial charge in [-0.25, -0.2) is 9.97 Å². The zero-order chi connectivity index (χ0) is 18.5. The lowest BCUT2D eigenvalue weighted by Crippen LogP contribution is -3.09. The monoisotopic (exact) mass is 394 g/mol. The molecule has 1 fully saturated rings. The Hall–Kier alpha value is -1.89. The molecule has 8 heteroatoms. The van der Waals surface area contributed by atoms with Gasteiger partial charge in [0.15, 0.2) is 6.54 Å². The summed E-state index contributed by atoms with van der Waals surface area (Å²) in [5, 5.41) is 1.11. The fourth-order valence-corrected chi connectivity index (χ4v) is 3.44. The molecular formula is C18H22Cl2N5O+. The van der Waals surface area contributed by atoms with Gasteiger partial charge in [0.1, 0.15) is 6.54 Å². The topological polar surface area (TPSA) is 53.8 Å². The third-order valence-corrected chi connectivity index (χ3v) is 5.30. The molecule has 1 unspecified atom stereocenters. The van der Waals surface area contributed by atoms with Crippen molar-refractivity contribution in [2.75, 3.05) is 44.7 Å². The summed E-state index contributed by atoms with van der Waals surface area (Å²) in [6.07, 6.45) is 3.47. The quantitative estimate of drug-likeness (QED) is 0.826. The molecule has 1 aromatic carbocycles. The maximum Gasteiger partial charge on any atom is 0.277 e. The van der Waals surface area contributed by atoms with Gasteiger partial charge in [0, 0.05) is 44.1 Å². The average molecular weight is 395 g/mol. The second-order valence-electron chi connectivity index (χ2n) is 6.44. The number of hydrogen-bond donors (Lipinski definition) is 1. The van der Waals surface area contributed by atoms with E-state index in [4.69, 9.17) is 23.2 Å². The number of carbonyl (C=O) groups is 1. The van der Waals surface area contributed by atoms with Crippen LogP contribution in [0.25, 0.3) is 0 Å². The standard InChI is InChI=1S/C18H21Cl2N5O/c1-23(12-14-4-2-5-15(19)17(14)20)13-16(26)24-8-10-25(11-9-24)18-21-6-3-7-22-18/h2-7H,8-13H2,1H3/p+1. The molecule has 138 valence electrons. The molecule has 0 aliphatic carbocycles. The first kappa shape index (κ1) is 18.9. The second kappa shape index (κ2) is 8.66. The minimum atomic E-state index is 0.147. The number of carbonyl (C=O) groups excluding carboxylic acids is 1. The Kier molecular flexibility index (Phi) is 6.29. The lowest BCUT2D eigenvalue weighted by Gasteiger charge is -2.34. The Morgan fingerprint density at radius 1 is 1.12 bits per heavy atom. The van der Waals surface area contributed by atoms with Gasteiger partial charge in [-0.2, -0.15) is 0 Å². The highest BCUT2D eigenvalue weighted by Gasteiger charge is 2.24. The van der Waals surface area contributed by atoms with E-state index in [0.29, 0.717) is 36.2 Å². The van der Waals surface area contributed by atoms with E-state index in [2.05, 4.69) is 14.9 Å². The molecule has 1 saturated heterocycles. The zero-order valence-electron chi connectivity index (χ0n) is 14.7. The summed E-state index contributed by atoms with van der Waals surface area (Å²) in [4.78, 5) is 26.2. The molecule has 0 radical (unpaired) electrons. The highest BCUT2D eigenvalue weighted by molar-refractivity contribution is 6.42. The van der Waals surface area contributed by atoms with Crippen LogP contribution in [0.5, 0.6) is 0 Å². The van der Waals surface area contributed by atoms with E-state index in [1.807, 2.05) is 24.1 Å². The van der Waals surface area contributed by atoms with Crippen LogP contribution in [-0.4, -0.2) is 60.5 Å². The minimum Gasteiger partial charge on any atom is -0.337 e. The van der Waals surface area contributed by atoms with Crippen molar-refractivity contribution in [2.45, 2.75) is 6.54 Å². The molecule has 1 N–H and O–H groups in total. The molecule has 0 spiro atoms. The molecule has 1 aliphatic heterocycles. The smallest absolute Gasteiger partial charge is 0.277 e. The van der Waals surface area contributed by atoms with Crippen LogP contribution in [0.15, 0.2) is 36.7 Å². The number of nitrogens with one attached hydrogen (secondary N) is 1. The predicted molar refractivity (Wildman–Crippen MR) is 103 cm³/mol. The van der Waals surface area contributed by atoms with Crippen LogP contribution >= 0.6 is 23.2 Å². The fraction of sp³-hybridized carbons (Fsp3) is 0.389. The summed E-state index contributed by atoms with van der Waals surface area (Å²) < 4.78 is 0. The first-order chi connectivity index (χ1) is 12.5. The predicted octanol–water partition coefficient (Wildman–Crippen LogP) is 1.15. The van der Waals surface area contributed by atoms with E-state index in [1.165, 1.54) is 0 Å². The number of anilines is 1. The van der Waals surface area contributed by atoms with Gasteiger partial charge in [0.2, 0.25) is 5.95 Å². The van der Waals surface area contributed by atoms with Crippen molar-refractivity contribution in [1.29, 1.82) is 0 Å². The first-order valence-electron chi connectivity index (χ1n) is 8.58. The van der Waals surface area contributed by atoms with Crippen molar-refractivity contribution in [3.05, 3.63) is 52.3 Å². The largest absolute Gasteiger partial charge is 0.337 e. The lowest BCUT2D eigenvalue weighted by molar-refractivity contribution is -0.885. The molecule has 1 aliphatic rings. The molecule has 0 saturated carbocycles. The number of likely N-dealkylation sites (N-methyl/N-ethyl adjacent to an activating group) is 1. The van der Waals surface area contributed by atoms with Crippen LogP contribution in [-0.2, 0) is 11.3 Å². The van der Waals surface area contributed by atoms with Crippen LogP contribution in [0, 0.1) is 0 Å². The van der Waals surface area contributed by atoms with Crippen molar-refractivity contribution in [1.82, 2.24) is 14.9 Å². The highest BCUT2D eigenvalue weighted by Crippen LogP contribution is 2.24. The molecule has 2 aromatic rings. The van der Waals surface area contributed by atoms with Gasteiger partial charge in [-0.15, -0.1) is 0 Å². The van der Waals surface area contributed by atoms with Gasteiger partial charge < -0.3 is 14.7 Å². The normalized spacial score (nSPS) is 15.8. The van der Waals surface area contributed by atoms with Crippen molar-refractivity contribution >= 4 is 35.1 Å². The SMILES string of the molecule is C[NH+](CC(=O)N1CCN(c2ncccn2)CC1)Cc1cccc(Cl)c1Cl. The van der Waals surface area contributed by atoms with Crippen LogP contribution in [0.3, 0.4) is 0 Å². The Balaban J connectivity index is 1.50. The van der Waals surface area contributed by atoms with Crippen LogP contribution in [0.1, 0.15) is 5.56 Å². The highest BCUT2D eigenvalue weighted by atomic mass is 35.5. The molecule has 0 bridgehead atoms. The summed E-state index contributed by atoms with van der Waals surface area (Å²) in [6.45, 7) is 3.93. The molecule has 3 rings (SSSR count). The fourth-order valence-electron chi connectivity index (χ4n) is 3.05. The Morgan fingerprint density at radius 3 is 2.50 bits per heavy atom. The van der Waals surface area contributed by atoms with Crippen molar-refractivity contribution < 1.29 is 9.69 Å². The van der Waals surface area contributed by atoms with Crippen molar-refractivity contribution in [2.24, 2.45) is 0 Å². The summed E-state index contributed by atoms with van der Waals surface area (Å²) in [5.74, 6) is 0.868. The number of nitrogens with zero attached hydrogens (tertiary/aromatic N) is 4. The van der Waals surface area contributed by atoms with E-state index < -0.39 is 0 Å². The maximum absolute atomic E-state index is 12.6. The number of piperazine rings is 1. The van der Waals surface area contributed by atoms with Crippen molar-refractivity contribution in [3.8, 4) is 0 Å². The van der Waals surface area contributed by atoms with Crippen molar-refractivity contribution in [3.63, 3.8) is 0 Å². The van der Waals surface area contributed by atoms with E-state index >= 15 is 0 Å². The van der Waals surface area contributed by atoms with Gasteiger partial charge in [-0.1, -0.05) is 35.3 Å². The zero-order valence-corrected chi connectivity index (χ0v) is 16.2. The summed E-state index contributed by atoms with van der Waals surface area (Å²) in [7, 11) is 1.99. The number of aromatic nitrogens is 2. The lowest BCUT2D eigenvalue weighted by atomic mass is 10.2. The Labute approximate surface area is 163 Å².